The molecule has 0 aromatic rings. The lowest BCUT2D eigenvalue weighted by Gasteiger charge is -2.18. The van der Waals surface area contributed by atoms with Crippen LogP contribution in [-0.2, 0) is 9.47 Å². The molecule has 2 amide bonds. The summed E-state index contributed by atoms with van der Waals surface area (Å²) in [6.07, 6.45) is 0. The van der Waals surface area contributed by atoms with Crippen LogP contribution in [0.3, 0.4) is 0 Å². The van der Waals surface area contributed by atoms with Gasteiger partial charge in [-0.25, -0.2) is 10.5 Å². The summed E-state index contributed by atoms with van der Waals surface area (Å²) >= 11 is 0. The molecule has 0 aromatic carbocycles. The highest BCUT2D eigenvalue weighted by Crippen LogP contribution is 1.88. The first-order valence-electron chi connectivity index (χ1n) is 3.70. The van der Waals surface area contributed by atoms with Gasteiger partial charge in [0.05, 0.1) is 13.2 Å². The van der Waals surface area contributed by atoms with Gasteiger partial charge in [0.2, 0.25) is 0 Å². The van der Waals surface area contributed by atoms with Crippen LogP contribution in [0, 0.1) is 0 Å². The van der Waals surface area contributed by atoms with E-state index in [-0.39, 0.29) is 0 Å². The molecule has 5 heteroatoms. The van der Waals surface area contributed by atoms with Crippen LogP contribution in [0.1, 0.15) is 0 Å². The predicted molar refractivity (Wildman–Crippen MR) is 43.8 cm³/mol. The van der Waals surface area contributed by atoms with Crippen LogP contribution in [0.15, 0.2) is 0 Å². The minimum Gasteiger partial charge on any atom is -0.383 e. The molecular formula is C7H15N2O3. The zero-order valence-corrected chi connectivity index (χ0v) is 7.50. The van der Waals surface area contributed by atoms with Gasteiger partial charge in [-0.05, 0) is 0 Å². The van der Waals surface area contributed by atoms with Crippen molar-refractivity contribution in [1.82, 2.24) is 10.6 Å². The fourth-order valence-electron chi connectivity index (χ4n) is 0.718. The van der Waals surface area contributed by atoms with Crippen LogP contribution < -0.4 is 5.73 Å². The lowest BCUT2D eigenvalue weighted by molar-refractivity contribution is 0.125. The molecule has 0 aromatic heterocycles. The van der Waals surface area contributed by atoms with Gasteiger partial charge in [-0.2, -0.15) is 0 Å². The lowest BCUT2D eigenvalue weighted by Crippen LogP contribution is -2.36. The number of amides is 2. The molecule has 0 saturated carbocycles. The topological polar surface area (TPSA) is 62.6 Å². The summed E-state index contributed by atoms with van der Waals surface area (Å²) in [6.45, 7) is 1.80. The number of nitrogens with one attached hydrogen (secondary N) is 1. The Morgan fingerprint density at radius 3 is 1.92 bits per heavy atom. The van der Waals surface area contributed by atoms with Gasteiger partial charge < -0.3 is 14.4 Å². The molecule has 0 spiro atoms. The van der Waals surface area contributed by atoms with Crippen molar-refractivity contribution >= 4 is 6.03 Å². The third-order valence-corrected chi connectivity index (χ3v) is 1.42. The van der Waals surface area contributed by atoms with Crippen molar-refractivity contribution in [3.63, 3.8) is 0 Å². The first-order chi connectivity index (χ1) is 5.72. The molecule has 0 atom stereocenters. The van der Waals surface area contributed by atoms with E-state index in [2.05, 4.69) is 0 Å². The Hall–Kier alpha value is -0.810. The molecule has 0 bridgehead atoms. The van der Waals surface area contributed by atoms with E-state index < -0.39 is 6.03 Å². The lowest BCUT2D eigenvalue weighted by atomic mass is 10.5. The minimum absolute atomic E-state index is 0.447. The molecule has 0 aliphatic rings. The molecule has 71 valence electrons. The van der Waals surface area contributed by atoms with Crippen LogP contribution in [0.2, 0.25) is 0 Å². The van der Waals surface area contributed by atoms with Gasteiger partial charge in [0, 0.05) is 27.3 Å². The third-order valence-electron chi connectivity index (χ3n) is 1.42. The Morgan fingerprint density at radius 1 is 1.25 bits per heavy atom. The molecule has 0 fully saturated rings. The summed E-state index contributed by atoms with van der Waals surface area (Å²) in [5.41, 5.74) is 6.87. The molecule has 1 N–H and O–H groups in total. The Kier molecular flexibility index (Phi) is 6.41. The molecule has 12 heavy (non-hydrogen) atoms. The van der Waals surface area contributed by atoms with Crippen LogP contribution >= 0.6 is 0 Å². The summed E-state index contributed by atoms with van der Waals surface area (Å²) in [5, 5.41) is 0. The summed E-state index contributed by atoms with van der Waals surface area (Å²) < 4.78 is 9.57. The van der Waals surface area contributed by atoms with Gasteiger partial charge >= 0.3 is 6.03 Å². The Morgan fingerprint density at radius 2 is 1.67 bits per heavy atom. The van der Waals surface area contributed by atoms with Crippen molar-refractivity contribution in [2.75, 3.05) is 40.5 Å². The van der Waals surface area contributed by atoms with Gasteiger partial charge in [-0.3, -0.25) is 0 Å². The number of ether oxygens (including phenoxy) is 2. The van der Waals surface area contributed by atoms with E-state index in [1.54, 1.807) is 14.2 Å². The van der Waals surface area contributed by atoms with Gasteiger partial charge in [0.15, 0.2) is 0 Å². The van der Waals surface area contributed by atoms with E-state index in [1.807, 2.05) is 0 Å². The van der Waals surface area contributed by atoms with Crippen molar-refractivity contribution < 1.29 is 14.3 Å². The molecule has 1 radical (unpaired) electrons. The summed E-state index contributed by atoms with van der Waals surface area (Å²) in [6, 6.07) is -0.691. The minimum atomic E-state index is -0.691. The summed E-state index contributed by atoms with van der Waals surface area (Å²) in [7, 11) is 3.12. The summed E-state index contributed by atoms with van der Waals surface area (Å²) in [4.78, 5) is 12.0. The highest BCUT2D eigenvalue weighted by molar-refractivity contribution is 5.71. The van der Waals surface area contributed by atoms with Crippen LogP contribution in [0.4, 0.5) is 4.79 Å². The van der Waals surface area contributed by atoms with E-state index in [9.17, 15) is 4.79 Å². The molecule has 0 rings (SSSR count). The maximum Gasteiger partial charge on any atom is 0.336 e. The fraction of sp³-hybridized carbons (Fsp3) is 0.857. The number of hydrogen-bond donors (Lipinski definition) is 0. The van der Waals surface area contributed by atoms with Crippen LogP contribution in [-0.4, -0.2) is 51.5 Å². The normalized spacial score (nSPS) is 9.83. The van der Waals surface area contributed by atoms with Crippen molar-refractivity contribution in [1.29, 1.82) is 0 Å². The second-order valence-electron chi connectivity index (χ2n) is 2.28. The number of carbonyl (C=O) groups is 1. The highest BCUT2D eigenvalue weighted by atomic mass is 16.5. The number of hydrogen-bond acceptors (Lipinski definition) is 3. The first kappa shape index (κ1) is 11.2. The van der Waals surface area contributed by atoms with Crippen molar-refractivity contribution in [3.8, 4) is 0 Å². The molecule has 0 unspecified atom stereocenters. The Bertz CT molecular complexity index is 122. The Labute approximate surface area is 72.4 Å². The van der Waals surface area contributed by atoms with E-state index in [0.29, 0.717) is 26.3 Å². The van der Waals surface area contributed by atoms with E-state index in [4.69, 9.17) is 15.2 Å². The van der Waals surface area contributed by atoms with Crippen molar-refractivity contribution in [2.24, 2.45) is 0 Å². The number of methoxy groups -OCH3 is 2. The molecule has 0 saturated heterocycles. The quantitative estimate of drug-likeness (QED) is 0.570. The number of carbonyl (C=O) groups excluding carboxylic acids is 1. The predicted octanol–water partition coefficient (Wildman–Crippen LogP) is -0.0159. The van der Waals surface area contributed by atoms with Gasteiger partial charge in [-0.1, -0.05) is 0 Å². The van der Waals surface area contributed by atoms with E-state index in [0.717, 1.165) is 0 Å². The average molecular weight is 175 g/mol. The molecule has 0 aliphatic carbocycles. The largest absolute Gasteiger partial charge is 0.383 e. The molecule has 0 heterocycles. The maximum atomic E-state index is 10.6. The second kappa shape index (κ2) is 6.87. The smallest absolute Gasteiger partial charge is 0.336 e. The van der Waals surface area contributed by atoms with Gasteiger partial charge in [0.25, 0.3) is 0 Å². The van der Waals surface area contributed by atoms with Crippen LogP contribution in [0.5, 0.6) is 0 Å². The van der Waals surface area contributed by atoms with Crippen molar-refractivity contribution in [2.45, 2.75) is 0 Å². The number of urea groups is 1. The van der Waals surface area contributed by atoms with Gasteiger partial charge in [0.1, 0.15) is 0 Å². The first-order valence-corrected chi connectivity index (χ1v) is 3.70. The summed E-state index contributed by atoms with van der Waals surface area (Å²) in [5.74, 6) is 0. The molecule has 5 nitrogen and oxygen atoms in total. The standard InChI is InChI=1S/C7H15N2O3/c1-11-5-3-9(7(8)10)4-6-12-2/h8H,3-6H2,1-2H3. The van der Waals surface area contributed by atoms with E-state index in [1.165, 1.54) is 4.90 Å². The van der Waals surface area contributed by atoms with Crippen molar-refractivity contribution in [3.05, 3.63) is 0 Å². The Balaban J connectivity index is 3.62. The number of nitrogens with zero attached hydrogens (tertiary/aromatic N) is 1. The monoisotopic (exact) mass is 175 g/mol. The fourth-order valence-corrected chi connectivity index (χ4v) is 0.718. The maximum absolute atomic E-state index is 10.6. The van der Waals surface area contributed by atoms with Gasteiger partial charge in [-0.15, -0.1) is 0 Å². The average Bonchev–Trinajstić information content (AvgIpc) is 2.04. The second-order valence-corrected chi connectivity index (χ2v) is 2.28. The number of rotatable bonds is 6. The van der Waals surface area contributed by atoms with Crippen LogP contribution in [0.25, 0.3) is 0 Å². The SMILES string of the molecule is COCCN(CCOC)C([NH])=O. The third kappa shape index (κ3) is 4.92. The highest BCUT2D eigenvalue weighted by Gasteiger charge is 2.08. The molecule has 0 aliphatic heterocycles. The molecular weight excluding hydrogens is 160 g/mol. The van der Waals surface area contributed by atoms with E-state index >= 15 is 0 Å². The zero-order chi connectivity index (χ0) is 9.40. The zero-order valence-electron chi connectivity index (χ0n) is 7.50.